The predicted octanol–water partition coefficient (Wildman–Crippen LogP) is 3.34. The Morgan fingerprint density at radius 3 is 2.60 bits per heavy atom. The highest BCUT2D eigenvalue weighted by Crippen LogP contribution is 2.24. The van der Waals surface area contributed by atoms with Crippen molar-refractivity contribution in [3.63, 3.8) is 0 Å². The fourth-order valence-corrected chi connectivity index (χ4v) is 2.95. The molecule has 0 atom stereocenters. The zero-order valence-electron chi connectivity index (χ0n) is 13.2. The number of nitrogens with zero attached hydrogens (tertiary/aromatic N) is 2. The lowest BCUT2D eigenvalue weighted by atomic mass is 10.2. The number of pyridine rings is 1. The summed E-state index contributed by atoms with van der Waals surface area (Å²) < 4.78 is 0. The van der Waals surface area contributed by atoms with Gasteiger partial charge in [-0.1, -0.05) is 39.7 Å². The third-order valence-electron chi connectivity index (χ3n) is 4.21. The zero-order chi connectivity index (χ0) is 14.4. The van der Waals surface area contributed by atoms with E-state index in [-0.39, 0.29) is 0 Å². The topological polar surface area (TPSA) is 28.2 Å². The fraction of sp³-hybridized carbons (Fsp3) is 0.706. The quantitative estimate of drug-likeness (QED) is 0.827. The SMILES string of the molecule is CCN(Cc1ccc(CNC(C)C)cn1)C1CCCC1. The molecule has 20 heavy (non-hydrogen) atoms. The first-order chi connectivity index (χ1) is 9.69. The van der Waals surface area contributed by atoms with Crippen molar-refractivity contribution in [3.8, 4) is 0 Å². The average Bonchev–Trinajstić information content (AvgIpc) is 2.97. The highest BCUT2D eigenvalue weighted by atomic mass is 15.2. The van der Waals surface area contributed by atoms with Crippen LogP contribution < -0.4 is 5.32 Å². The van der Waals surface area contributed by atoms with Crippen LogP contribution in [0.4, 0.5) is 0 Å². The number of aromatic nitrogens is 1. The predicted molar refractivity (Wildman–Crippen MR) is 84.6 cm³/mol. The highest BCUT2D eigenvalue weighted by Gasteiger charge is 2.21. The van der Waals surface area contributed by atoms with Crippen LogP contribution in [0.1, 0.15) is 57.7 Å². The van der Waals surface area contributed by atoms with Crippen molar-refractivity contribution >= 4 is 0 Å². The van der Waals surface area contributed by atoms with Crippen LogP contribution >= 0.6 is 0 Å². The Kier molecular flexibility index (Phi) is 5.99. The molecule has 0 spiro atoms. The van der Waals surface area contributed by atoms with Crippen LogP contribution in [0.15, 0.2) is 18.3 Å². The Morgan fingerprint density at radius 2 is 2.05 bits per heavy atom. The molecule has 2 rings (SSSR count). The molecule has 3 heteroatoms. The minimum absolute atomic E-state index is 0.521. The zero-order valence-corrected chi connectivity index (χ0v) is 13.2. The van der Waals surface area contributed by atoms with Gasteiger partial charge in [0.1, 0.15) is 0 Å². The molecule has 0 saturated heterocycles. The van der Waals surface area contributed by atoms with E-state index in [1.54, 1.807) is 0 Å². The molecule has 1 saturated carbocycles. The van der Waals surface area contributed by atoms with Gasteiger partial charge < -0.3 is 5.32 Å². The van der Waals surface area contributed by atoms with E-state index in [9.17, 15) is 0 Å². The molecule has 1 heterocycles. The maximum atomic E-state index is 4.63. The summed E-state index contributed by atoms with van der Waals surface area (Å²) >= 11 is 0. The van der Waals surface area contributed by atoms with Crippen molar-refractivity contribution in [3.05, 3.63) is 29.6 Å². The summed E-state index contributed by atoms with van der Waals surface area (Å²) in [6.45, 7) is 9.64. The Hall–Kier alpha value is -0.930. The molecule has 1 aliphatic rings. The van der Waals surface area contributed by atoms with E-state index in [4.69, 9.17) is 0 Å². The Labute approximate surface area is 123 Å². The third kappa shape index (κ3) is 4.57. The van der Waals surface area contributed by atoms with Gasteiger partial charge in [0.25, 0.3) is 0 Å². The lowest BCUT2D eigenvalue weighted by Gasteiger charge is -2.27. The molecule has 3 nitrogen and oxygen atoms in total. The minimum atomic E-state index is 0.521. The first-order valence-electron chi connectivity index (χ1n) is 8.10. The lowest BCUT2D eigenvalue weighted by molar-refractivity contribution is 0.198. The lowest BCUT2D eigenvalue weighted by Crippen LogP contribution is -2.32. The third-order valence-corrected chi connectivity index (χ3v) is 4.21. The van der Waals surface area contributed by atoms with Crippen LogP contribution in [-0.4, -0.2) is 28.5 Å². The van der Waals surface area contributed by atoms with E-state index >= 15 is 0 Å². The molecule has 1 aliphatic carbocycles. The van der Waals surface area contributed by atoms with E-state index in [1.807, 2.05) is 6.20 Å². The Morgan fingerprint density at radius 1 is 1.30 bits per heavy atom. The second-order valence-corrected chi connectivity index (χ2v) is 6.19. The highest BCUT2D eigenvalue weighted by molar-refractivity contribution is 5.14. The summed E-state index contributed by atoms with van der Waals surface area (Å²) in [7, 11) is 0. The van der Waals surface area contributed by atoms with Gasteiger partial charge in [-0.3, -0.25) is 9.88 Å². The first-order valence-corrected chi connectivity index (χ1v) is 8.10. The summed E-state index contributed by atoms with van der Waals surface area (Å²) in [5.74, 6) is 0. The summed E-state index contributed by atoms with van der Waals surface area (Å²) in [5.41, 5.74) is 2.47. The van der Waals surface area contributed by atoms with Gasteiger partial charge >= 0.3 is 0 Å². The standard InChI is InChI=1S/C17H29N3/c1-4-20(17-7-5-6-8-17)13-16-10-9-15(12-19-16)11-18-14(2)3/h9-10,12,14,17-18H,4-8,11,13H2,1-3H3. The van der Waals surface area contributed by atoms with E-state index in [2.05, 4.69) is 48.1 Å². The van der Waals surface area contributed by atoms with E-state index in [1.165, 1.54) is 36.9 Å². The second-order valence-electron chi connectivity index (χ2n) is 6.19. The number of rotatable bonds is 7. The molecule has 0 bridgehead atoms. The summed E-state index contributed by atoms with van der Waals surface area (Å²) in [4.78, 5) is 7.22. The maximum Gasteiger partial charge on any atom is 0.0544 e. The molecular formula is C17H29N3. The van der Waals surface area contributed by atoms with Gasteiger partial charge in [0.05, 0.1) is 5.69 Å². The summed E-state index contributed by atoms with van der Waals surface area (Å²) in [6, 6.07) is 5.70. The molecule has 1 fully saturated rings. The summed E-state index contributed by atoms with van der Waals surface area (Å²) in [6.07, 6.45) is 7.55. The molecule has 0 aromatic carbocycles. The van der Waals surface area contributed by atoms with E-state index < -0.39 is 0 Å². The largest absolute Gasteiger partial charge is 0.310 e. The van der Waals surface area contributed by atoms with Crippen molar-refractivity contribution in [1.82, 2.24) is 15.2 Å². The van der Waals surface area contributed by atoms with Crippen LogP contribution in [0.25, 0.3) is 0 Å². The van der Waals surface area contributed by atoms with E-state index in [0.29, 0.717) is 6.04 Å². The summed E-state index contributed by atoms with van der Waals surface area (Å²) in [5, 5.41) is 3.43. The Bertz CT molecular complexity index is 380. The number of hydrogen-bond acceptors (Lipinski definition) is 3. The van der Waals surface area contributed by atoms with Gasteiger partial charge in [-0.05, 0) is 31.0 Å². The van der Waals surface area contributed by atoms with Crippen molar-refractivity contribution in [2.75, 3.05) is 6.54 Å². The molecule has 0 unspecified atom stereocenters. The minimum Gasteiger partial charge on any atom is -0.310 e. The van der Waals surface area contributed by atoms with Crippen molar-refractivity contribution in [1.29, 1.82) is 0 Å². The van der Waals surface area contributed by atoms with Crippen molar-refractivity contribution in [2.24, 2.45) is 0 Å². The average molecular weight is 275 g/mol. The molecule has 0 aliphatic heterocycles. The monoisotopic (exact) mass is 275 g/mol. The van der Waals surface area contributed by atoms with Gasteiger partial charge in [0, 0.05) is 31.4 Å². The molecule has 1 N–H and O–H groups in total. The van der Waals surface area contributed by atoms with Crippen LogP contribution in [0, 0.1) is 0 Å². The number of nitrogens with one attached hydrogen (secondary N) is 1. The van der Waals surface area contributed by atoms with Crippen LogP contribution in [-0.2, 0) is 13.1 Å². The van der Waals surface area contributed by atoms with Crippen molar-refractivity contribution < 1.29 is 0 Å². The molecule has 1 aromatic rings. The van der Waals surface area contributed by atoms with Crippen LogP contribution in [0.2, 0.25) is 0 Å². The second kappa shape index (κ2) is 7.75. The number of hydrogen-bond donors (Lipinski definition) is 1. The molecule has 112 valence electrons. The fourth-order valence-electron chi connectivity index (χ4n) is 2.95. The maximum absolute atomic E-state index is 4.63. The van der Waals surface area contributed by atoms with E-state index in [0.717, 1.165) is 25.7 Å². The van der Waals surface area contributed by atoms with Gasteiger partial charge in [0.15, 0.2) is 0 Å². The van der Waals surface area contributed by atoms with Gasteiger partial charge in [-0.15, -0.1) is 0 Å². The van der Waals surface area contributed by atoms with Crippen LogP contribution in [0.5, 0.6) is 0 Å². The molecule has 0 amide bonds. The molecular weight excluding hydrogens is 246 g/mol. The first kappa shape index (κ1) is 15.5. The molecule has 0 radical (unpaired) electrons. The van der Waals surface area contributed by atoms with Crippen LogP contribution in [0.3, 0.4) is 0 Å². The van der Waals surface area contributed by atoms with Gasteiger partial charge in [-0.25, -0.2) is 0 Å². The Balaban J connectivity index is 1.88. The normalized spacial score (nSPS) is 16.4. The van der Waals surface area contributed by atoms with Crippen molar-refractivity contribution in [2.45, 2.75) is 71.6 Å². The smallest absolute Gasteiger partial charge is 0.0544 e. The van der Waals surface area contributed by atoms with Gasteiger partial charge in [0.2, 0.25) is 0 Å². The van der Waals surface area contributed by atoms with Gasteiger partial charge in [-0.2, -0.15) is 0 Å². The molecule has 1 aromatic heterocycles.